The van der Waals surface area contributed by atoms with Crippen LogP contribution in [0.5, 0.6) is 0 Å². The van der Waals surface area contributed by atoms with Crippen LogP contribution in [0.25, 0.3) is 0 Å². The van der Waals surface area contributed by atoms with E-state index in [4.69, 9.17) is 0 Å². The van der Waals surface area contributed by atoms with Crippen LogP contribution in [0.15, 0.2) is 0 Å². The van der Waals surface area contributed by atoms with Gasteiger partial charge in [0.2, 0.25) is 5.91 Å². The molecule has 1 amide bonds. The van der Waals surface area contributed by atoms with Crippen molar-refractivity contribution in [3.63, 3.8) is 0 Å². The molecule has 0 aromatic heterocycles. The largest absolute Gasteiger partial charge is 0.352 e. The fourth-order valence-corrected chi connectivity index (χ4v) is 3.14. The SMILES string of the molecule is CCCCCCC(=O)NC1CCCCCC1Br. The summed E-state index contributed by atoms with van der Waals surface area (Å²) in [6.07, 6.45) is 11.6. The van der Waals surface area contributed by atoms with Crippen molar-refractivity contribution in [2.45, 2.75) is 82.0 Å². The maximum absolute atomic E-state index is 11.8. The monoisotopic (exact) mass is 303 g/mol. The number of carbonyl (C=O) groups excluding carboxylic acids is 1. The minimum Gasteiger partial charge on any atom is -0.352 e. The highest BCUT2D eigenvalue weighted by Gasteiger charge is 2.22. The van der Waals surface area contributed by atoms with Crippen molar-refractivity contribution in [2.75, 3.05) is 0 Å². The Balaban J connectivity index is 2.19. The van der Waals surface area contributed by atoms with Crippen LogP contribution in [0.1, 0.15) is 71.1 Å². The Hall–Kier alpha value is -0.0500. The van der Waals surface area contributed by atoms with Gasteiger partial charge < -0.3 is 5.32 Å². The first-order valence-electron chi connectivity index (χ1n) is 7.17. The van der Waals surface area contributed by atoms with E-state index in [2.05, 4.69) is 28.2 Å². The molecule has 0 aromatic carbocycles. The Kier molecular flexibility index (Phi) is 7.91. The summed E-state index contributed by atoms with van der Waals surface area (Å²) in [5.41, 5.74) is 0. The van der Waals surface area contributed by atoms with Crippen molar-refractivity contribution in [3.8, 4) is 0 Å². The summed E-state index contributed by atoms with van der Waals surface area (Å²) < 4.78 is 0. The highest BCUT2D eigenvalue weighted by Crippen LogP contribution is 2.23. The molecule has 0 bridgehead atoms. The zero-order valence-electron chi connectivity index (χ0n) is 11.0. The number of rotatable bonds is 6. The molecule has 0 aromatic rings. The summed E-state index contributed by atoms with van der Waals surface area (Å²) in [5, 5.41) is 3.20. The van der Waals surface area contributed by atoms with E-state index in [-0.39, 0.29) is 5.91 Å². The standard InChI is InChI=1S/C14H26BrNO/c1-2-3-4-8-11-14(17)16-13-10-7-5-6-9-12(13)15/h12-13H,2-11H2,1H3,(H,16,17). The summed E-state index contributed by atoms with van der Waals surface area (Å²) in [7, 11) is 0. The molecule has 2 atom stereocenters. The van der Waals surface area contributed by atoms with Crippen LogP contribution in [0.2, 0.25) is 0 Å². The van der Waals surface area contributed by atoms with Crippen molar-refractivity contribution in [1.29, 1.82) is 0 Å². The summed E-state index contributed by atoms with van der Waals surface area (Å²) >= 11 is 3.71. The Morgan fingerprint density at radius 2 is 1.94 bits per heavy atom. The molecule has 1 saturated carbocycles. The van der Waals surface area contributed by atoms with E-state index in [1.54, 1.807) is 0 Å². The lowest BCUT2D eigenvalue weighted by Gasteiger charge is -2.21. The lowest BCUT2D eigenvalue weighted by Crippen LogP contribution is -2.40. The first-order valence-corrected chi connectivity index (χ1v) is 8.09. The topological polar surface area (TPSA) is 29.1 Å². The second kappa shape index (κ2) is 8.96. The summed E-state index contributed by atoms with van der Waals surface area (Å²) in [4.78, 5) is 12.3. The maximum atomic E-state index is 11.8. The minimum atomic E-state index is 0.248. The number of hydrogen-bond acceptors (Lipinski definition) is 1. The molecular formula is C14H26BrNO. The Morgan fingerprint density at radius 3 is 2.71 bits per heavy atom. The van der Waals surface area contributed by atoms with Crippen molar-refractivity contribution in [1.82, 2.24) is 5.32 Å². The number of hydrogen-bond donors (Lipinski definition) is 1. The number of alkyl halides is 1. The minimum absolute atomic E-state index is 0.248. The molecule has 1 N–H and O–H groups in total. The quantitative estimate of drug-likeness (QED) is 0.445. The predicted molar refractivity (Wildman–Crippen MR) is 76.5 cm³/mol. The van der Waals surface area contributed by atoms with Crippen LogP contribution in [0, 0.1) is 0 Å². The molecule has 0 heterocycles. The van der Waals surface area contributed by atoms with Gasteiger partial charge in [0.15, 0.2) is 0 Å². The fraction of sp³-hybridized carbons (Fsp3) is 0.929. The van der Waals surface area contributed by atoms with Crippen molar-refractivity contribution < 1.29 is 4.79 Å². The number of amides is 1. The van der Waals surface area contributed by atoms with Gasteiger partial charge >= 0.3 is 0 Å². The van der Waals surface area contributed by atoms with Gasteiger partial charge in [0.25, 0.3) is 0 Å². The average Bonchev–Trinajstić information content (AvgIpc) is 2.51. The van der Waals surface area contributed by atoms with Gasteiger partial charge in [0.1, 0.15) is 0 Å². The molecule has 0 radical (unpaired) electrons. The Labute approximate surface area is 114 Å². The number of unbranched alkanes of at least 4 members (excludes halogenated alkanes) is 3. The number of carbonyl (C=O) groups is 1. The molecule has 0 spiro atoms. The predicted octanol–water partition coefficient (Wildman–Crippen LogP) is 4.17. The van der Waals surface area contributed by atoms with E-state index in [9.17, 15) is 4.79 Å². The van der Waals surface area contributed by atoms with Gasteiger partial charge in [-0.2, -0.15) is 0 Å². The lowest BCUT2D eigenvalue weighted by molar-refractivity contribution is -0.121. The average molecular weight is 304 g/mol. The molecule has 1 rings (SSSR count). The zero-order valence-corrected chi connectivity index (χ0v) is 12.6. The number of halogens is 1. The molecule has 2 unspecified atom stereocenters. The smallest absolute Gasteiger partial charge is 0.220 e. The van der Waals surface area contributed by atoms with E-state index < -0.39 is 0 Å². The van der Waals surface area contributed by atoms with Gasteiger partial charge in [0.05, 0.1) is 0 Å². The van der Waals surface area contributed by atoms with E-state index in [1.165, 1.54) is 44.9 Å². The van der Waals surface area contributed by atoms with E-state index in [1.807, 2.05) is 0 Å². The summed E-state index contributed by atoms with van der Waals surface area (Å²) in [5.74, 6) is 0.248. The molecule has 17 heavy (non-hydrogen) atoms. The molecule has 0 aliphatic heterocycles. The van der Waals surface area contributed by atoms with Crippen LogP contribution in [-0.4, -0.2) is 16.8 Å². The van der Waals surface area contributed by atoms with Crippen LogP contribution in [0.3, 0.4) is 0 Å². The maximum Gasteiger partial charge on any atom is 0.220 e. The van der Waals surface area contributed by atoms with Gasteiger partial charge in [-0.25, -0.2) is 0 Å². The van der Waals surface area contributed by atoms with E-state index in [0.29, 0.717) is 17.3 Å². The third-order valence-corrected chi connectivity index (χ3v) is 4.63. The highest BCUT2D eigenvalue weighted by atomic mass is 79.9. The zero-order chi connectivity index (χ0) is 12.5. The van der Waals surface area contributed by atoms with Crippen LogP contribution in [0.4, 0.5) is 0 Å². The molecule has 100 valence electrons. The molecule has 2 nitrogen and oxygen atoms in total. The normalized spacial score (nSPS) is 25.3. The van der Waals surface area contributed by atoms with Crippen molar-refractivity contribution in [2.24, 2.45) is 0 Å². The Bertz CT molecular complexity index is 220. The van der Waals surface area contributed by atoms with Gasteiger partial charge in [-0.05, 0) is 19.3 Å². The second-order valence-electron chi connectivity index (χ2n) is 5.14. The Morgan fingerprint density at radius 1 is 1.18 bits per heavy atom. The van der Waals surface area contributed by atoms with E-state index in [0.717, 1.165) is 12.8 Å². The highest BCUT2D eigenvalue weighted by molar-refractivity contribution is 9.09. The molecule has 3 heteroatoms. The number of nitrogens with one attached hydrogen (secondary N) is 1. The first-order chi connectivity index (χ1) is 8.24. The third-order valence-electron chi connectivity index (χ3n) is 3.54. The molecule has 1 fully saturated rings. The van der Waals surface area contributed by atoms with Crippen LogP contribution >= 0.6 is 15.9 Å². The van der Waals surface area contributed by atoms with Gasteiger partial charge in [-0.3, -0.25) is 4.79 Å². The van der Waals surface area contributed by atoms with Gasteiger partial charge in [-0.1, -0.05) is 61.4 Å². The van der Waals surface area contributed by atoms with Crippen LogP contribution < -0.4 is 5.32 Å². The summed E-state index contributed by atoms with van der Waals surface area (Å²) in [6, 6.07) is 0.358. The molecule has 1 aliphatic rings. The van der Waals surface area contributed by atoms with Gasteiger partial charge in [0, 0.05) is 17.3 Å². The van der Waals surface area contributed by atoms with Gasteiger partial charge in [-0.15, -0.1) is 0 Å². The third kappa shape index (κ3) is 6.44. The molecular weight excluding hydrogens is 278 g/mol. The van der Waals surface area contributed by atoms with E-state index >= 15 is 0 Å². The molecule has 0 saturated heterocycles. The summed E-state index contributed by atoms with van der Waals surface area (Å²) in [6.45, 7) is 2.20. The fourth-order valence-electron chi connectivity index (χ4n) is 2.42. The second-order valence-corrected chi connectivity index (χ2v) is 6.31. The van der Waals surface area contributed by atoms with Crippen LogP contribution in [-0.2, 0) is 4.79 Å². The molecule has 1 aliphatic carbocycles. The van der Waals surface area contributed by atoms with Crippen molar-refractivity contribution in [3.05, 3.63) is 0 Å². The lowest BCUT2D eigenvalue weighted by atomic mass is 10.1. The van der Waals surface area contributed by atoms with Crippen molar-refractivity contribution >= 4 is 21.8 Å². The first kappa shape index (κ1) is 15.0.